The molecule has 0 radical (unpaired) electrons. The van der Waals surface area contributed by atoms with Crippen LogP contribution in [-0.2, 0) is 0 Å². The number of nitrogens with zero attached hydrogens (tertiary/aromatic N) is 1. The molecular weight excluding hydrogens is 649 g/mol. The van der Waals surface area contributed by atoms with Gasteiger partial charge in [0.15, 0.2) is 0 Å². The first kappa shape index (κ1) is 28.7. The number of aromatic nitrogens is 1. The van der Waals surface area contributed by atoms with Crippen LogP contribution in [0.15, 0.2) is 174 Å². The van der Waals surface area contributed by atoms with Crippen LogP contribution in [0.5, 0.6) is 17.2 Å². The van der Waals surface area contributed by atoms with Gasteiger partial charge >= 0.3 is 6.92 Å². The van der Waals surface area contributed by atoms with E-state index in [1.54, 1.807) is 0 Å². The largest absolute Gasteiger partial charge is 0.551 e. The Labute approximate surface area is 305 Å². The van der Waals surface area contributed by atoms with Crippen molar-refractivity contribution < 1.29 is 13.8 Å². The third kappa shape index (κ3) is 4.19. The van der Waals surface area contributed by atoms with Gasteiger partial charge in [0.25, 0.3) is 0 Å². The van der Waals surface area contributed by atoms with Crippen LogP contribution in [0.1, 0.15) is 0 Å². The first-order valence-corrected chi connectivity index (χ1v) is 18.0. The molecular formula is C48H28BNO3. The van der Waals surface area contributed by atoms with E-state index < -0.39 is 0 Å². The van der Waals surface area contributed by atoms with Crippen LogP contribution < -0.4 is 20.3 Å². The third-order valence-corrected chi connectivity index (χ3v) is 11.1. The molecule has 4 nitrogen and oxygen atoms in total. The van der Waals surface area contributed by atoms with Gasteiger partial charge in [-0.25, -0.2) is 0 Å². The predicted octanol–water partition coefficient (Wildman–Crippen LogP) is 11.3. The van der Waals surface area contributed by atoms with E-state index in [1.165, 1.54) is 21.8 Å². The molecule has 0 unspecified atom stereocenters. The predicted molar refractivity (Wildman–Crippen MR) is 217 cm³/mol. The molecule has 2 aliphatic heterocycles. The zero-order valence-electron chi connectivity index (χ0n) is 28.4. The topological polar surface area (TPSA) is 36.5 Å². The van der Waals surface area contributed by atoms with Gasteiger partial charge in [0.05, 0.1) is 11.0 Å². The van der Waals surface area contributed by atoms with Gasteiger partial charge in [-0.3, -0.25) is 0 Å². The summed E-state index contributed by atoms with van der Waals surface area (Å²) in [5.74, 6) is 2.51. The van der Waals surface area contributed by atoms with E-state index >= 15 is 0 Å². The van der Waals surface area contributed by atoms with Crippen molar-refractivity contribution in [3.05, 3.63) is 170 Å². The number of hydrogen-bond acceptors (Lipinski definition) is 3. The Kier molecular flexibility index (Phi) is 5.83. The molecule has 0 saturated carbocycles. The molecule has 246 valence electrons. The molecule has 0 atom stereocenters. The van der Waals surface area contributed by atoms with Crippen molar-refractivity contribution in [2.45, 2.75) is 0 Å². The maximum absolute atomic E-state index is 6.88. The summed E-state index contributed by atoms with van der Waals surface area (Å²) in [5, 5.41) is 4.73. The fourth-order valence-corrected chi connectivity index (χ4v) is 8.61. The molecule has 8 aromatic carbocycles. The number of furan rings is 1. The van der Waals surface area contributed by atoms with Crippen molar-refractivity contribution in [2.24, 2.45) is 0 Å². The Bertz CT molecular complexity index is 3080. The zero-order chi connectivity index (χ0) is 34.6. The average Bonchev–Trinajstić information content (AvgIpc) is 3.76. The summed E-state index contributed by atoms with van der Waals surface area (Å²) in [6.45, 7) is -0.278. The minimum absolute atomic E-state index is 0.278. The van der Waals surface area contributed by atoms with Gasteiger partial charge in [0.1, 0.15) is 28.4 Å². The number of fused-ring (bicyclic) bond motifs is 10. The van der Waals surface area contributed by atoms with Gasteiger partial charge in [-0.15, -0.1) is 0 Å². The lowest BCUT2D eigenvalue weighted by atomic mass is 9.50. The molecule has 0 N–H and O–H groups in total. The molecule has 2 aromatic heterocycles. The second kappa shape index (κ2) is 10.8. The summed E-state index contributed by atoms with van der Waals surface area (Å²) < 4.78 is 22.2. The first-order chi connectivity index (χ1) is 26.2. The van der Waals surface area contributed by atoms with Gasteiger partial charge in [-0.1, -0.05) is 103 Å². The lowest BCUT2D eigenvalue weighted by molar-refractivity contribution is 0.480. The normalized spacial score (nSPS) is 12.8. The molecule has 10 aromatic rings. The van der Waals surface area contributed by atoms with Gasteiger partial charge in [0.2, 0.25) is 0 Å². The first-order valence-electron chi connectivity index (χ1n) is 18.0. The molecule has 5 heteroatoms. The quantitative estimate of drug-likeness (QED) is 0.175. The number of hydrogen-bond donors (Lipinski definition) is 0. The summed E-state index contributed by atoms with van der Waals surface area (Å²) in [7, 11) is 0. The van der Waals surface area contributed by atoms with Gasteiger partial charge in [0, 0.05) is 43.7 Å². The van der Waals surface area contributed by atoms with Crippen molar-refractivity contribution in [1.82, 2.24) is 4.57 Å². The minimum Gasteiger partial charge on any atom is -0.551 e. The maximum Gasteiger partial charge on any atom is 0.434 e. The van der Waals surface area contributed by atoms with Crippen LogP contribution in [-0.4, -0.2) is 11.5 Å². The van der Waals surface area contributed by atoms with E-state index in [1.807, 2.05) is 18.2 Å². The highest BCUT2D eigenvalue weighted by Gasteiger charge is 2.41. The fraction of sp³-hybridized carbons (Fsp3) is 0. The summed E-state index contributed by atoms with van der Waals surface area (Å²) in [4.78, 5) is 0. The molecule has 2 aliphatic rings. The summed E-state index contributed by atoms with van der Waals surface area (Å²) in [6.07, 6.45) is 0. The highest BCUT2D eigenvalue weighted by molar-refractivity contribution is 6.84. The van der Waals surface area contributed by atoms with Gasteiger partial charge in [-0.05, 0) is 94.5 Å². The maximum atomic E-state index is 6.88. The van der Waals surface area contributed by atoms with Crippen LogP contribution in [0.2, 0.25) is 0 Å². The molecule has 0 saturated heterocycles. The molecule has 53 heavy (non-hydrogen) atoms. The Balaban J connectivity index is 0.963. The van der Waals surface area contributed by atoms with E-state index in [0.717, 1.165) is 89.2 Å². The minimum atomic E-state index is -0.278. The van der Waals surface area contributed by atoms with E-state index in [2.05, 4.69) is 156 Å². The van der Waals surface area contributed by atoms with E-state index in [0.29, 0.717) is 0 Å². The van der Waals surface area contributed by atoms with Crippen LogP contribution in [0.25, 0.3) is 82.8 Å². The number of para-hydroxylation sites is 4. The standard InChI is InChI=1S/C48H28BNO3/c1-5-13-41-34(9-1)35-10-2-6-14-42(35)50(41)33-21-17-29(18-22-33)31-19-23-40-46(27-31)52-47-28-32(26-39-37-12-4-8-16-45(37)53-49(40)48(39)47)30-20-24-44-38(25-30)36-11-3-7-15-43(36)51-44/h1-28H. The lowest BCUT2D eigenvalue weighted by Crippen LogP contribution is -2.53. The van der Waals surface area contributed by atoms with Crippen molar-refractivity contribution in [3.8, 4) is 56.3 Å². The van der Waals surface area contributed by atoms with E-state index in [-0.39, 0.29) is 6.92 Å². The van der Waals surface area contributed by atoms with Crippen LogP contribution >= 0.6 is 0 Å². The monoisotopic (exact) mass is 677 g/mol. The number of rotatable bonds is 3. The second-order valence-electron chi connectivity index (χ2n) is 14.0. The lowest BCUT2D eigenvalue weighted by Gasteiger charge is -2.33. The Morgan fingerprint density at radius 3 is 1.89 bits per heavy atom. The van der Waals surface area contributed by atoms with Gasteiger partial charge < -0.3 is 18.4 Å². The van der Waals surface area contributed by atoms with Crippen LogP contribution in [0, 0.1) is 0 Å². The molecule has 0 bridgehead atoms. The Morgan fingerprint density at radius 2 is 1.06 bits per heavy atom. The zero-order valence-corrected chi connectivity index (χ0v) is 28.4. The fourth-order valence-electron chi connectivity index (χ4n) is 8.61. The summed E-state index contributed by atoms with van der Waals surface area (Å²) >= 11 is 0. The molecule has 0 amide bonds. The molecule has 12 rings (SSSR count). The summed E-state index contributed by atoms with van der Waals surface area (Å²) in [5.41, 5.74) is 14.0. The number of benzene rings is 8. The Hall–Kier alpha value is -6.98. The van der Waals surface area contributed by atoms with Crippen LogP contribution in [0.3, 0.4) is 0 Å². The third-order valence-electron chi connectivity index (χ3n) is 11.1. The smallest absolute Gasteiger partial charge is 0.434 e. The average molecular weight is 678 g/mol. The molecule has 0 fully saturated rings. The summed E-state index contributed by atoms with van der Waals surface area (Å²) in [6, 6.07) is 60.0. The van der Waals surface area contributed by atoms with E-state index in [9.17, 15) is 0 Å². The van der Waals surface area contributed by atoms with Crippen LogP contribution in [0.4, 0.5) is 0 Å². The molecule has 4 heterocycles. The highest BCUT2D eigenvalue weighted by Crippen LogP contribution is 2.43. The Morgan fingerprint density at radius 1 is 0.415 bits per heavy atom. The van der Waals surface area contributed by atoms with Crippen molar-refractivity contribution in [3.63, 3.8) is 0 Å². The van der Waals surface area contributed by atoms with E-state index in [4.69, 9.17) is 13.8 Å². The highest BCUT2D eigenvalue weighted by atomic mass is 16.5. The molecule has 0 aliphatic carbocycles. The van der Waals surface area contributed by atoms with Crippen molar-refractivity contribution in [2.75, 3.05) is 0 Å². The van der Waals surface area contributed by atoms with Crippen molar-refractivity contribution >= 4 is 61.6 Å². The van der Waals surface area contributed by atoms with Gasteiger partial charge in [-0.2, -0.15) is 0 Å². The second-order valence-corrected chi connectivity index (χ2v) is 14.0. The van der Waals surface area contributed by atoms with Crippen molar-refractivity contribution in [1.29, 1.82) is 0 Å². The number of ether oxygens (including phenoxy) is 1. The SMILES string of the molecule is c1ccc2c(c1)OB1c3ccc(-c4ccc(-n5c6ccccc6c6ccccc65)cc4)cc3Oc3cc(-c4ccc5oc6ccccc6c5c4)cc-2c31. The molecule has 0 spiro atoms.